The fourth-order valence-electron chi connectivity index (χ4n) is 3.43. The highest BCUT2D eigenvalue weighted by Crippen LogP contribution is 2.19. The van der Waals surface area contributed by atoms with E-state index in [1.165, 1.54) is 4.90 Å². The Morgan fingerprint density at radius 2 is 1.90 bits per heavy atom. The van der Waals surface area contributed by atoms with Gasteiger partial charge in [0, 0.05) is 19.6 Å². The molecule has 0 aliphatic carbocycles. The molecule has 0 saturated carbocycles. The maximum atomic E-state index is 13.1. The van der Waals surface area contributed by atoms with E-state index in [0.717, 1.165) is 9.25 Å². The van der Waals surface area contributed by atoms with E-state index in [2.05, 4.69) is 5.10 Å². The van der Waals surface area contributed by atoms with Crippen LogP contribution in [0.2, 0.25) is 0 Å². The van der Waals surface area contributed by atoms with Gasteiger partial charge in [-0.25, -0.2) is 4.79 Å². The summed E-state index contributed by atoms with van der Waals surface area (Å²) in [4.78, 5) is 52.0. The first kappa shape index (κ1) is 20.5. The van der Waals surface area contributed by atoms with Crippen LogP contribution in [-0.2, 0) is 16.1 Å². The Hall–Kier alpha value is -3.23. The highest BCUT2D eigenvalue weighted by Gasteiger charge is 2.32. The van der Waals surface area contributed by atoms with Crippen molar-refractivity contribution >= 4 is 11.9 Å². The first-order valence-corrected chi connectivity index (χ1v) is 9.73. The van der Waals surface area contributed by atoms with E-state index in [1.54, 1.807) is 44.2 Å². The number of nitrogens with zero attached hydrogens (tertiary/aromatic N) is 4. The number of benzene rings is 1. The number of para-hydroxylation sites is 1. The molecule has 0 N–H and O–H groups in total. The Labute approximate surface area is 167 Å². The molecule has 2 heterocycles. The normalized spacial score (nSPS) is 16.5. The predicted octanol–water partition coefficient (Wildman–Crippen LogP) is 0.829. The fraction of sp³-hybridized carbons (Fsp3) is 0.450. The zero-order valence-electron chi connectivity index (χ0n) is 16.5. The molecule has 9 nitrogen and oxygen atoms in total. The van der Waals surface area contributed by atoms with E-state index >= 15 is 0 Å². The molecular formula is C20H24N4O5. The van der Waals surface area contributed by atoms with Crippen molar-refractivity contribution in [1.82, 2.24) is 19.2 Å². The summed E-state index contributed by atoms with van der Waals surface area (Å²) in [7, 11) is 0. The third kappa shape index (κ3) is 4.13. The maximum Gasteiger partial charge on any atom is 0.352 e. The van der Waals surface area contributed by atoms with E-state index in [4.69, 9.17) is 4.74 Å². The summed E-state index contributed by atoms with van der Waals surface area (Å²) in [5.74, 6) is -1.37. The number of aromatic nitrogens is 3. The van der Waals surface area contributed by atoms with Crippen LogP contribution >= 0.6 is 0 Å². The van der Waals surface area contributed by atoms with Crippen LogP contribution in [0, 0.1) is 5.92 Å². The van der Waals surface area contributed by atoms with Gasteiger partial charge in [-0.2, -0.15) is 9.78 Å². The van der Waals surface area contributed by atoms with Crippen LogP contribution in [0.4, 0.5) is 0 Å². The number of carbonyl (C=O) groups is 2. The van der Waals surface area contributed by atoms with E-state index in [1.807, 2.05) is 0 Å². The number of likely N-dealkylation sites (tertiary alicyclic amines) is 1. The van der Waals surface area contributed by atoms with Crippen molar-refractivity contribution in [2.45, 2.75) is 33.2 Å². The largest absolute Gasteiger partial charge is 0.466 e. The van der Waals surface area contributed by atoms with Crippen LogP contribution in [-0.4, -0.2) is 50.8 Å². The molecule has 1 aromatic heterocycles. The lowest BCUT2D eigenvalue weighted by Gasteiger charge is -2.31. The molecule has 9 heteroatoms. The van der Waals surface area contributed by atoms with Gasteiger partial charge in [-0.1, -0.05) is 18.2 Å². The van der Waals surface area contributed by atoms with Gasteiger partial charge in [0.2, 0.25) is 5.69 Å². The second-order valence-corrected chi connectivity index (χ2v) is 6.77. The lowest BCUT2D eigenvalue weighted by Crippen LogP contribution is -2.49. The number of esters is 1. The third-order valence-electron chi connectivity index (χ3n) is 4.91. The summed E-state index contributed by atoms with van der Waals surface area (Å²) in [5, 5.41) is 4.10. The second kappa shape index (κ2) is 8.85. The van der Waals surface area contributed by atoms with Gasteiger partial charge in [0.1, 0.15) is 0 Å². The Morgan fingerprint density at radius 1 is 1.17 bits per heavy atom. The van der Waals surface area contributed by atoms with E-state index in [0.29, 0.717) is 25.1 Å². The molecule has 154 valence electrons. The third-order valence-corrected chi connectivity index (χ3v) is 4.91. The van der Waals surface area contributed by atoms with Gasteiger partial charge in [-0.15, -0.1) is 0 Å². The SMILES string of the molecule is CCOC(=O)C1CCCN(C(=O)c2nn(-c3ccccc3)c(=O)n(CC)c2=O)C1. The van der Waals surface area contributed by atoms with Crippen molar-refractivity contribution < 1.29 is 14.3 Å². The lowest BCUT2D eigenvalue weighted by atomic mass is 9.98. The average molecular weight is 400 g/mol. The predicted molar refractivity (Wildman–Crippen MR) is 105 cm³/mol. The molecule has 0 radical (unpaired) electrons. The van der Waals surface area contributed by atoms with E-state index < -0.39 is 23.1 Å². The Morgan fingerprint density at radius 3 is 2.55 bits per heavy atom. The molecule has 1 saturated heterocycles. The number of hydrogen-bond donors (Lipinski definition) is 0. The Kier molecular flexibility index (Phi) is 6.26. The minimum Gasteiger partial charge on any atom is -0.466 e. The number of carbonyl (C=O) groups excluding carboxylic acids is 2. The molecule has 1 amide bonds. The zero-order valence-corrected chi connectivity index (χ0v) is 16.5. The van der Waals surface area contributed by atoms with Crippen LogP contribution < -0.4 is 11.2 Å². The van der Waals surface area contributed by atoms with E-state index in [9.17, 15) is 19.2 Å². The van der Waals surface area contributed by atoms with Crippen molar-refractivity contribution in [2.75, 3.05) is 19.7 Å². The summed E-state index contributed by atoms with van der Waals surface area (Å²) in [6, 6.07) is 8.61. The van der Waals surface area contributed by atoms with Gasteiger partial charge in [-0.3, -0.25) is 19.0 Å². The fourth-order valence-corrected chi connectivity index (χ4v) is 3.43. The number of piperidine rings is 1. The summed E-state index contributed by atoms with van der Waals surface area (Å²) in [5.41, 5.74) is -1.21. The number of ether oxygens (including phenoxy) is 1. The van der Waals surface area contributed by atoms with Gasteiger partial charge >= 0.3 is 11.7 Å². The molecule has 1 atom stereocenters. The summed E-state index contributed by atoms with van der Waals surface area (Å²) in [6.07, 6.45) is 1.24. The molecule has 0 spiro atoms. The molecule has 29 heavy (non-hydrogen) atoms. The second-order valence-electron chi connectivity index (χ2n) is 6.77. The van der Waals surface area contributed by atoms with Crippen molar-refractivity contribution in [3.05, 3.63) is 56.9 Å². The molecule has 1 fully saturated rings. The van der Waals surface area contributed by atoms with Crippen molar-refractivity contribution in [2.24, 2.45) is 5.92 Å². The van der Waals surface area contributed by atoms with Crippen molar-refractivity contribution in [1.29, 1.82) is 0 Å². The summed E-state index contributed by atoms with van der Waals surface area (Å²) in [6.45, 7) is 4.34. The number of hydrogen-bond acceptors (Lipinski definition) is 6. The molecule has 1 aliphatic rings. The van der Waals surface area contributed by atoms with Crippen LogP contribution in [0.5, 0.6) is 0 Å². The van der Waals surface area contributed by atoms with E-state index in [-0.39, 0.29) is 31.4 Å². The van der Waals surface area contributed by atoms with Crippen LogP contribution in [0.1, 0.15) is 37.2 Å². The summed E-state index contributed by atoms with van der Waals surface area (Å²) >= 11 is 0. The van der Waals surface area contributed by atoms with Crippen LogP contribution in [0.15, 0.2) is 39.9 Å². The highest BCUT2D eigenvalue weighted by molar-refractivity contribution is 5.92. The molecule has 3 rings (SSSR count). The maximum absolute atomic E-state index is 13.1. The Balaban J connectivity index is 1.99. The first-order chi connectivity index (χ1) is 14.0. The molecule has 1 aromatic carbocycles. The number of rotatable bonds is 5. The highest BCUT2D eigenvalue weighted by atomic mass is 16.5. The minimum atomic E-state index is -0.729. The van der Waals surface area contributed by atoms with Gasteiger partial charge in [-0.05, 0) is 38.8 Å². The molecule has 0 bridgehead atoms. The first-order valence-electron chi connectivity index (χ1n) is 9.73. The molecule has 1 unspecified atom stereocenters. The van der Waals surface area contributed by atoms with Gasteiger partial charge in [0.25, 0.3) is 11.5 Å². The van der Waals surface area contributed by atoms with Crippen molar-refractivity contribution in [3.8, 4) is 5.69 Å². The summed E-state index contributed by atoms with van der Waals surface area (Å²) < 4.78 is 7.11. The van der Waals surface area contributed by atoms with Crippen LogP contribution in [0.25, 0.3) is 5.69 Å². The lowest BCUT2D eigenvalue weighted by molar-refractivity contribution is -0.149. The Bertz CT molecular complexity index is 1010. The average Bonchev–Trinajstić information content (AvgIpc) is 2.75. The standard InChI is InChI=1S/C20H24N4O5/c1-3-23-18(26)16(21-24(20(23)28)15-10-6-5-7-11-15)17(25)22-12-8-9-14(13-22)19(27)29-4-2/h5-7,10-11,14H,3-4,8-9,12-13H2,1-2H3. The number of amides is 1. The topological polar surface area (TPSA) is 104 Å². The quantitative estimate of drug-likeness (QED) is 0.689. The van der Waals surface area contributed by atoms with Crippen LogP contribution in [0.3, 0.4) is 0 Å². The van der Waals surface area contributed by atoms with Gasteiger partial charge in [0.05, 0.1) is 18.2 Å². The minimum absolute atomic E-state index is 0.110. The molecular weight excluding hydrogens is 376 g/mol. The van der Waals surface area contributed by atoms with Gasteiger partial charge < -0.3 is 9.64 Å². The van der Waals surface area contributed by atoms with Gasteiger partial charge in [0.15, 0.2) is 0 Å². The smallest absolute Gasteiger partial charge is 0.352 e. The zero-order chi connectivity index (χ0) is 21.0. The monoisotopic (exact) mass is 400 g/mol. The molecule has 2 aromatic rings. The molecule has 1 aliphatic heterocycles. The van der Waals surface area contributed by atoms with Crippen molar-refractivity contribution in [3.63, 3.8) is 0 Å².